The number of hydrogen-bond acceptors (Lipinski definition) is 7. The Kier molecular flexibility index (Phi) is 9.03. The molecule has 0 bridgehead atoms. The van der Waals surface area contributed by atoms with Gasteiger partial charge < -0.3 is 20.3 Å². The molecular formula is C16H21BN2O7. The number of carbonyl (C=O) groups excluding carboxylic acids is 3. The van der Waals surface area contributed by atoms with Crippen LogP contribution in [-0.4, -0.2) is 73.4 Å². The predicted molar refractivity (Wildman–Crippen MR) is 93.7 cm³/mol. The molecule has 10 heteroatoms. The molecule has 0 aromatic heterocycles. The molecule has 2 unspecified atom stereocenters. The first-order chi connectivity index (χ1) is 12.3. The lowest BCUT2D eigenvalue weighted by Gasteiger charge is -2.17. The van der Waals surface area contributed by atoms with Gasteiger partial charge in [0.15, 0.2) is 11.6 Å². The fourth-order valence-electron chi connectivity index (χ4n) is 2.04. The van der Waals surface area contributed by atoms with E-state index >= 15 is 0 Å². The van der Waals surface area contributed by atoms with Gasteiger partial charge in [-0.1, -0.05) is 30.3 Å². The van der Waals surface area contributed by atoms with Crippen LogP contribution in [0.3, 0.4) is 0 Å². The number of amides is 1. The van der Waals surface area contributed by atoms with E-state index in [0.29, 0.717) is 5.56 Å². The third-order valence-corrected chi connectivity index (χ3v) is 3.35. The maximum Gasteiger partial charge on any atom is 0.321 e. The first-order valence-corrected chi connectivity index (χ1v) is 7.91. The van der Waals surface area contributed by atoms with Gasteiger partial charge in [-0.25, -0.2) is 0 Å². The van der Waals surface area contributed by atoms with Crippen molar-refractivity contribution in [1.29, 1.82) is 0 Å². The number of ether oxygens (including phenoxy) is 1. The number of hydrogen-bond donors (Lipinski definition) is 4. The quantitative estimate of drug-likeness (QED) is 0.212. The predicted octanol–water partition coefficient (Wildman–Crippen LogP) is -1.45. The van der Waals surface area contributed by atoms with Crippen molar-refractivity contribution >= 4 is 31.4 Å². The lowest BCUT2D eigenvalue weighted by Crippen LogP contribution is -2.43. The smallest absolute Gasteiger partial charge is 0.321 e. The summed E-state index contributed by atoms with van der Waals surface area (Å²) in [6.07, 6.45) is -0.504. The normalized spacial score (nSPS) is 12.7. The molecule has 0 saturated carbocycles. The zero-order valence-electron chi connectivity index (χ0n) is 14.3. The molecule has 9 nitrogen and oxygen atoms in total. The van der Waals surface area contributed by atoms with Crippen LogP contribution in [0.2, 0.25) is 0 Å². The Labute approximate surface area is 151 Å². The fraction of sp³-hybridized carbons (Fsp3) is 0.375. The molecular weight excluding hydrogens is 343 g/mol. The van der Waals surface area contributed by atoms with Gasteiger partial charge in [-0.05, 0) is 0 Å². The number of nitrogens with one attached hydrogen (secondary N) is 2. The minimum absolute atomic E-state index is 0.251. The van der Waals surface area contributed by atoms with Crippen LogP contribution >= 0.6 is 0 Å². The summed E-state index contributed by atoms with van der Waals surface area (Å²) in [6.45, 7) is -0.970. The summed E-state index contributed by atoms with van der Waals surface area (Å²) in [7, 11) is 1.25. The van der Waals surface area contributed by atoms with Crippen LogP contribution < -0.4 is 10.6 Å². The van der Waals surface area contributed by atoms with Gasteiger partial charge >= 0.3 is 11.9 Å². The Morgan fingerprint density at radius 3 is 2.35 bits per heavy atom. The Morgan fingerprint density at radius 1 is 1.15 bits per heavy atom. The van der Waals surface area contributed by atoms with Gasteiger partial charge in [-0.3, -0.25) is 24.5 Å². The SMILES string of the molecule is BC(=O)NC(CO)COC(=O)CC(NCC(=O)c1ccccc1)C(=O)O. The summed E-state index contributed by atoms with van der Waals surface area (Å²) in [6, 6.07) is 6.26. The van der Waals surface area contributed by atoms with Gasteiger partial charge in [0, 0.05) is 5.56 Å². The van der Waals surface area contributed by atoms with Crippen LogP contribution in [0.1, 0.15) is 16.8 Å². The molecule has 0 aliphatic heterocycles. The summed E-state index contributed by atoms with van der Waals surface area (Å²) >= 11 is 0. The minimum Gasteiger partial charge on any atom is -0.480 e. The Morgan fingerprint density at radius 2 is 1.81 bits per heavy atom. The molecule has 1 aromatic carbocycles. The Balaban J connectivity index is 2.49. The highest BCUT2D eigenvalue weighted by Crippen LogP contribution is 2.01. The van der Waals surface area contributed by atoms with Crippen molar-refractivity contribution in [2.45, 2.75) is 18.5 Å². The van der Waals surface area contributed by atoms with Gasteiger partial charge in [-0.2, -0.15) is 0 Å². The number of carboxylic acid groups (broad SMARTS) is 1. The van der Waals surface area contributed by atoms with Crippen molar-refractivity contribution in [2.24, 2.45) is 0 Å². The monoisotopic (exact) mass is 364 g/mol. The summed E-state index contributed by atoms with van der Waals surface area (Å²) in [5.74, 6) is -2.84. The molecule has 140 valence electrons. The molecule has 1 amide bonds. The number of rotatable bonds is 11. The van der Waals surface area contributed by atoms with Gasteiger partial charge in [0.05, 0.1) is 25.6 Å². The van der Waals surface area contributed by atoms with Crippen LogP contribution in [-0.2, 0) is 14.3 Å². The number of aliphatic carboxylic acids is 1. The number of aliphatic hydroxyl groups excluding tert-OH is 1. The number of benzene rings is 1. The third-order valence-electron chi connectivity index (χ3n) is 3.35. The summed E-state index contributed by atoms with van der Waals surface area (Å²) < 4.78 is 4.87. The molecule has 0 fully saturated rings. The average Bonchev–Trinajstić information content (AvgIpc) is 2.61. The van der Waals surface area contributed by atoms with Crippen molar-refractivity contribution in [3.63, 3.8) is 0 Å². The molecule has 0 heterocycles. The maximum absolute atomic E-state index is 12.0. The number of esters is 1. The second-order valence-corrected chi connectivity index (χ2v) is 5.53. The minimum atomic E-state index is -1.30. The average molecular weight is 364 g/mol. The van der Waals surface area contributed by atoms with Gasteiger partial charge in [-0.15, -0.1) is 0 Å². The molecule has 0 spiro atoms. The number of aliphatic hydroxyl groups is 1. The molecule has 2 atom stereocenters. The Bertz CT molecular complexity index is 639. The van der Waals surface area contributed by atoms with Crippen LogP contribution in [0.25, 0.3) is 0 Å². The van der Waals surface area contributed by atoms with E-state index in [1.807, 2.05) is 0 Å². The lowest BCUT2D eigenvalue weighted by molar-refractivity contribution is -0.150. The number of carboxylic acids is 1. The second kappa shape index (κ2) is 11.0. The van der Waals surface area contributed by atoms with Crippen LogP contribution in [0.15, 0.2) is 30.3 Å². The van der Waals surface area contributed by atoms with Crippen molar-refractivity contribution in [1.82, 2.24) is 10.6 Å². The van der Waals surface area contributed by atoms with Crippen LogP contribution in [0.4, 0.5) is 4.79 Å². The van der Waals surface area contributed by atoms with Gasteiger partial charge in [0.25, 0.3) is 0 Å². The molecule has 1 rings (SSSR count). The number of ketones is 1. The highest BCUT2D eigenvalue weighted by Gasteiger charge is 2.23. The number of Topliss-reactive ketones (excluding diaryl/α,β-unsaturated/α-hetero) is 1. The largest absolute Gasteiger partial charge is 0.480 e. The first-order valence-electron chi connectivity index (χ1n) is 7.91. The second-order valence-electron chi connectivity index (χ2n) is 5.53. The molecule has 26 heavy (non-hydrogen) atoms. The molecule has 0 saturated heterocycles. The van der Waals surface area contributed by atoms with E-state index in [2.05, 4.69) is 10.6 Å². The van der Waals surface area contributed by atoms with Gasteiger partial charge in [0.1, 0.15) is 12.6 Å². The van der Waals surface area contributed by atoms with Crippen molar-refractivity contribution in [3.8, 4) is 0 Å². The standard InChI is InChI=1S/C16H21BN2O7/c17-16(25)19-11(8-20)9-26-14(22)6-12(15(23)24)18-7-13(21)10-4-2-1-3-5-10/h1-5,11-12,18,20H,6-9,17H2,(H,19,25)(H,23,24). The van der Waals surface area contributed by atoms with Crippen molar-refractivity contribution in [3.05, 3.63) is 35.9 Å². The van der Waals surface area contributed by atoms with E-state index in [0.717, 1.165) is 0 Å². The molecule has 4 N–H and O–H groups in total. The van der Waals surface area contributed by atoms with Gasteiger partial charge in [0.2, 0.25) is 7.85 Å². The van der Waals surface area contributed by atoms with E-state index in [1.54, 1.807) is 30.3 Å². The third kappa shape index (κ3) is 7.91. The zero-order chi connectivity index (χ0) is 19.5. The fourth-order valence-corrected chi connectivity index (χ4v) is 2.04. The van der Waals surface area contributed by atoms with E-state index in [1.165, 1.54) is 7.85 Å². The topological polar surface area (TPSA) is 142 Å². The number of carbonyl (C=O) groups is 4. The summed E-state index contributed by atoms with van der Waals surface area (Å²) in [4.78, 5) is 45.9. The molecule has 0 aliphatic rings. The molecule has 0 aliphatic carbocycles. The Hall–Kier alpha value is -2.72. The highest BCUT2D eigenvalue weighted by atomic mass is 16.5. The van der Waals surface area contributed by atoms with Crippen LogP contribution in [0.5, 0.6) is 0 Å². The molecule has 1 aromatic rings. The van der Waals surface area contributed by atoms with E-state index < -0.39 is 42.9 Å². The summed E-state index contributed by atoms with van der Waals surface area (Å²) in [5.41, 5.74) is 0.424. The zero-order valence-corrected chi connectivity index (χ0v) is 14.3. The van der Waals surface area contributed by atoms with E-state index in [-0.39, 0.29) is 18.9 Å². The van der Waals surface area contributed by atoms with Crippen molar-refractivity contribution in [2.75, 3.05) is 19.8 Å². The molecule has 0 radical (unpaired) electrons. The summed E-state index contributed by atoms with van der Waals surface area (Å²) in [5, 5.41) is 23.1. The van der Waals surface area contributed by atoms with Crippen LogP contribution in [0, 0.1) is 0 Å². The van der Waals surface area contributed by atoms with Crippen molar-refractivity contribution < 1.29 is 34.1 Å². The highest BCUT2D eigenvalue weighted by molar-refractivity contribution is 6.57. The first kappa shape index (κ1) is 21.3. The van der Waals surface area contributed by atoms with E-state index in [9.17, 15) is 19.2 Å². The lowest BCUT2D eigenvalue weighted by atomic mass is 10.1. The maximum atomic E-state index is 12.0. The van der Waals surface area contributed by atoms with E-state index in [4.69, 9.17) is 14.9 Å².